The second-order valence-electron chi connectivity index (χ2n) is 5.96. The van der Waals surface area contributed by atoms with Crippen molar-refractivity contribution in [3.63, 3.8) is 0 Å². The third-order valence-electron chi connectivity index (χ3n) is 4.04. The second-order valence-corrected chi connectivity index (χ2v) is 8.53. The van der Waals surface area contributed by atoms with E-state index in [0.717, 1.165) is 28.9 Å². The lowest BCUT2D eigenvalue weighted by Crippen LogP contribution is -2.37. The van der Waals surface area contributed by atoms with Crippen LogP contribution in [0.15, 0.2) is 34.7 Å². The monoisotopic (exact) mass is 362 g/mol. The highest BCUT2D eigenvalue weighted by Gasteiger charge is 2.22. The molecule has 1 fully saturated rings. The van der Waals surface area contributed by atoms with Gasteiger partial charge in [0.2, 0.25) is 11.0 Å². The van der Waals surface area contributed by atoms with Crippen LogP contribution in [-0.4, -0.2) is 27.4 Å². The molecule has 7 heteroatoms. The molecule has 1 aliphatic carbocycles. The molecule has 0 unspecified atom stereocenters. The van der Waals surface area contributed by atoms with Crippen LogP contribution in [0, 0.1) is 0 Å². The van der Waals surface area contributed by atoms with Crippen molar-refractivity contribution in [2.75, 3.05) is 5.32 Å². The van der Waals surface area contributed by atoms with Crippen molar-refractivity contribution in [1.82, 2.24) is 15.5 Å². The summed E-state index contributed by atoms with van der Waals surface area (Å²) in [5.41, 5.74) is 1.20. The summed E-state index contributed by atoms with van der Waals surface area (Å²) in [4.78, 5) is 12.2. The van der Waals surface area contributed by atoms with Crippen molar-refractivity contribution in [2.45, 2.75) is 54.8 Å². The minimum Gasteiger partial charge on any atom is -0.356 e. The molecule has 0 radical (unpaired) electrons. The second kappa shape index (κ2) is 8.48. The van der Waals surface area contributed by atoms with Gasteiger partial charge in [0.05, 0.1) is 5.25 Å². The normalized spacial score (nSPS) is 16.0. The van der Waals surface area contributed by atoms with Gasteiger partial charge in [-0.25, -0.2) is 0 Å². The highest BCUT2D eigenvalue weighted by molar-refractivity contribution is 8.02. The molecule has 24 heavy (non-hydrogen) atoms. The van der Waals surface area contributed by atoms with Crippen molar-refractivity contribution in [3.8, 4) is 0 Å². The van der Waals surface area contributed by atoms with Crippen LogP contribution in [0.4, 0.5) is 5.13 Å². The van der Waals surface area contributed by atoms with Gasteiger partial charge in [0.25, 0.3) is 0 Å². The van der Waals surface area contributed by atoms with E-state index in [4.69, 9.17) is 0 Å². The fraction of sp³-hybridized carbons (Fsp3) is 0.471. The van der Waals surface area contributed by atoms with Crippen molar-refractivity contribution < 1.29 is 4.79 Å². The maximum absolute atomic E-state index is 12.2. The van der Waals surface area contributed by atoms with Crippen molar-refractivity contribution >= 4 is 34.1 Å². The molecule has 0 spiro atoms. The van der Waals surface area contributed by atoms with Crippen molar-refractivity contribution in [3.05, 3.63) is 35.9 Å². The van der Waals surface area contributed by atoms with Crippen LogP contribution in [0.2, 0.25) is 0 Å². The minimum absolute atomic E-state index is 0.0981. The first-order valence-corrected chi connectivity index (χ1v) is 9.98. The molecule has 1 amide bonds. The number of aromatic nitrogens is 2. The highest BCUT2D eigenvalue weighted by atomic mass is 32.2. The molecule has 5 nitrogen and oxygen atoms in total. The summed E-state index contributed by atoms with van der Waals surface area (Å²) in [5.74, 6) is 0.0981. The number of hydrogen-bond acceptors (Lipinski definition) is 6. The molecule has 1 aromatic carbocycles. The van der Waals surface area contributed by atoms with E-state index >= 15 is 0 Å². The Bertz CT molecular complexity index is 656. The number of rotatable bonds is 7. The summed E-state index contributed by atoms with van der Waals surface area (Å²) < 4.78 is 0.819. The Morgan fingerprint density at radius 2 is 2.04 bits per heavy atom. The van der Waals surface area contributed by atoms with Gasteiger partial charge in [0, 0.05) is 12.6 Å². The molecule has 1 aliphatic rings. The Hall–Kier alpha value is -1.60. The van der Waals surface area contributed by atoms with Crippen LogP contribution in [-0.2, 0) is 11.3 Å². The molecule has 2 N–H and O–H groups in total. The molecular formula is C17H22N4OS2. The molecule has 1 heterocycles. The molecule has 2 aromatic rings. The Morgan fingerprint density at radius 1 is 1.29 bits per heavy atom. The molecule has 1 atom stereocenters. The average molecular weight is 363 g/mol. The van der Waals surface area contributed by atoms with Gasteiger partial charge in [-0.2, -0.15) is 0 Å². The topological polar surface area (TPSA) is 66.9 Å². The van der Waals surface area contributed by atoms with Crippen LogP contribution in [0.25, 0.3) is 0 Å². The van der Waals surface area contributed by atoms with Gasteiger partial charge in [0.15, 0.2) is 4.34 Å². The van der Waals surface area contributed by atoms with E-state index in [1.54, 1.807) is 0 Å². The van der Waals surface area contributed by atoms with E-state index in [2.05, 4.69) is 33.0 Å². The Kier molecular flexibility index (Phi) is 6.09. The predicted octanol–water partition coefficient (Wildman–Crippen LogP) is 3.69. The van der Waals surface area contributed by atoms with Crippen LogP contribution in [0.1, 0.15) is 38.2 Å². The van der Waals surface area contributed by atoms with Gasteiger partial charge in [-0.3, -0.25) is 4.79 Å². The van der Waals surface area contributed by atoms with Gasteiger partial charge < -0.3 is 10.6 Å². The zero-order valence-corrected chi connectivity index (χ0v) is 15.3. The lowest BCUT2D eigenvalue weighted by Gasteiger charge is -2.15. The van der Waals surface area contributed by atoms with E-state index < -0.39 is 0 Å². The highest BCUT2D eigenvalue weighted by Crippen LogP contribution is 2.29. The van der Waals surface area contributed by atoms with E-state index in [0.29, 0.717) is 6.04 Å². The van der Waals surface area contributed by atoms with E-state index in [1.165, 1.54) is 41.5 Å². The summed E-state index contributed by atoms with van der Waals surface area (Å²) in [5, 5.41) is 15.4. The number of thioether (sulfide) groups is 1. The zero-order chi connectivity index (χ0) is 16.8. The summed E-state index contributed by atoms with van der Waals surface area (Å²) in [7, 11) is 0. The van der Waals surface area contributed by atoms with Gasteiger partial charge >= 0.3 is 0 Å². The Labute approximate surface area is 150 Å². The number of carbonyl (C=O) groups is 1. The number of hydrogen-bond donors (Lipinski definition) is 2. The fourth-order valence-electron chi connectivity index (χ4n) is 2.70. The van der Waals surface area contributed by atoms with Gasteiger partial charge in [-0.15, -0.1) is 10.2 Å². The first-order valence-electron chi connectivity index (χ1n) is 8.29. The molecule has 0 saturated heterocycles. The van der Waals surface area contributed by atoms with E-state index in [1.807, 2.05) is 25.1 Å². The molecule has 1 saturated carbocycles. The smallest absolute Gasteiger partial charge is 0.233 e. The van der Waals surface area contributed by atoms with Gasteiger partial charge in [-0.05, 0) is 25.3 Å². The van der Waals surface area contributed by atoms with Crippen molar-refractivity contribution in [2.24, 2.45) is 0 Å². The largest absolute Gasteiger partial charge is 0.356 e. The molecule has 3 rings (SSSR count). The first kappa shape index (κ1) is 17.2. The number of benzene rings is 1. The number of amides is 1. The van der Waals surface area contributed by atoms with Crippen LogP contribution in [0.5, 0.6) is 0 Å². The zero-order valence-electron chi connectivity index (χ0n) is 13.7. The lowest BCUT2D eigenvalue weighted by molar-refractivity contribution is -0.120. The van der Waals surface area contributed by atoms with Gasteiger partial charge in [0.1, 0.15) is 0 Å². The Balaban J connectivity index is 1.47. The number of anilines is 1. The average Bonchev–Trinajstić information content (AvgIpc) is 3.26. The van der Waals surface area contributed by atoms with Gasteiger partial charge in [-0.1, -0.05) is 66.3 Å². The van der Waals surface area contributed by atoms with Crippen LogP contribution >= 0.6 is 23.1 Å². The molecular weight excluding hydrogens is 340 g/mol. The van der Waals surface area contributed by atoms with E-state index in [9.17, 15) is 4.79 Å². The summed E-state index contributed by atoms with van der Waals surface area (Å²) >= 11 is 2.96. The third kappa shape index (κ3) is 4.95. The minimum atomic E-state index is -0.152. The van der Waals surface area contributed by atoms with Crippen molar-refractivity contribution in [1.29, 1.82) is 0 Å². The molecule has 0 bridgehead atoms. The standard InChI is InChI=1S/C17H22N4OS2/c1-12(15(22)19-14-9-5-6-10-14)23-17-21-20-16(24-17)18-11-13-7-3-2-4-8-13/h2-4,7-8,12,14H,5-6,9-11H2,1H3,(H,18,20)(H,19,22)/t12-/m0/s1. The predicted molar refractivity (Wildman–Crippen MR) is 99.4 cm³/mol. The summed E-state index contributed by atoms with van der Waals surface area (Å²) in [6.45, 7) is 2.64. The summed E-state index contributed by atoms with van der Waals surface area (Å²) in [6.07, 6.45) is 4.66. The summed E-state index contributed by atoms with van der Waals surface area (Å²) in [6, 6.07) is 10.5. The number of carbonyl (C=O) groups excluding carboxylic acids is 1. The van der Waals surface area contributed by atoms with Crippen LogP contribution < -0.4 is 10.6 Å². The lowest BCUT2D eigenvalue weighted by atomic mass is 10.2. The third-order valence-corrected chi connectivity index (χ3v) is 6.11. The van der Waals surface area contributed by atoms with Crippen LogP contribution in [0.3, 0.4) is 0 Å². The Morgan fingerprint density at radius 3 is 2.79 bits per heavy atom. The molecule has 1 aromatic heterocycles. The molecule has 128 valence electrons. The molecule has 0 aliphatic heterocycles. The fourth-order valence-corrected chi connectivity index (χ4v) is 4.60. The number of nitrogens with zero attached hydrogens (tertiary/aromatic N) is 2. The number of nitrogens with one attached hydrogen (secondary N) is 2. The maximum Gasteiger partial charge on any atom is 0.233 e. The van der Waals surface area contributed by atoms with E-state index in [-0.39, 0.29) is 11.2 Å². The SMILES string of the molecule is C[C@H](Sc1nnc(NCc2ccccc2)s1)C(=O)NC1CCCC1. The quantitative estimate of drug-likeness (QED) is 0.735. The first-order chi connectivity index (χ1) is 11.7. The maximum atomic E-state index is 12.2.